The number of amides is 3. The maximum absolute atomic E-state index is 14.5. The van der Waals surface area contributed by atoms with E-state index in [4.69, 9.17) is 11.6 Å². The van der Waals surface area contributed by atoms with Crippen LogP contribution in [0.2, 0.25) is 5.02 Å². The van der Waals surface area contributed by atoms with Gasteiger partial charge in [0.25, 0.3) is 5.91 Å². The van der Waals surface area contributed by atoms with Crippen molar-refractivity contribution in [2.45, 2.75) is 41.8 Å². The summed E-state index contributed by atoms with van der Waals surface area (Å²) in [6.07, 6.45) is 5.17. The number of benzene rings is 2. The molecule has 41 heavy (non-hydrogen) atoms. The van der Waals surface area contributed by atoms with Gasteiger partial charge in [0, 0.05) is 48.7 Å². The van der Waals surface area contributed by atoms with Crippen molar-refractivity contribution in [3.05, 3.63) is 90.5 Å². The van der Waals surface area contributed by atoms with Crippen LogP contribution >= 0.6 is 23.4 Å². The first-order valence-electron chi connectivity index (χ1n) is 14.1. The van der Waals surface area contributed by atoms with Crippen LogP contribution in [-0.2, 0) is 20.9 Å². The summed E-state index contributed by atoms with van der Waals surface area (Å²) in [6.45, 7) is 8.93. The van der Waals surface area contributed by atoms with Crippen molar-refractivity contribution in [1.82, 2.24) is 9.80 Å². The van der Waals surface area contributed by atoms with E-state index in [9.17, 15) is 19.5 Å². The molecule has 216 valence electrons. The van der Waals surface area contributed by atoms with Gasteiger partial charge >= 0.3 is 0 Å². The summed E-state index contributed by atoms with van der Waals surface area (Å²) >= 11 is 7.77. The van der Waals surface area contributed by atoms with Crippen LogP contribution in [0.5, 0.6) is 0 Å². The number of carbonyl (C=O) groups is 3. The lowest BCUT2D eigenvalue weighted by Gasteiger charge is -2.37. The first kappa shape index (κ1) is 29.4. The minimum Gasteiger partial charge on any atom is -0.396 e. The van der Waals surface area contributed by atoms with Crippen molar-refractivity contribution in [3.63, 3.8) is 0 Å². The summed E-state index contributed by atoms with van der Waals surface area (Å²) in [5, 5.41) is 10.2. The first-order chi connectivity index (χ1) is 19.9. The minimum atomic E-state index is -0.753. The molecule has 5 atom stereocenters. The van der Waals surface area contributed by atoms with Crippen LogP contribution in [0.4, 0.5) is 5.69 Å². The number of hydrogen-bond donors (Lipinski definition) is 1. The maximum Gasteiger partial charge on any atom is 0.251 e. The number of likely N-dealkylation sites (tertiary alicyclic amines) is 1. The molecule has 3 amide bonds. The Kier molecular flexibility index (Phi) is 8.92. The number of carbonyl (C=O) groups excluding carboxylic acids is 3. The molecule has 2 aromatic carbocycles. The van der Waals surface area contributed by atoms with Crippen molar-refractivity contribution in [2.75, 3.05) is 31.1 Å². The Morgan fingerprint density at radius 2 is 1.78 bits per heavy atom. The number of halogens is 1. The van der Waals surface area contributed by atoms with E-state index in [1.807, 2.05) is 30.3 Å². The lowest BCUT2D eigenvalue weighted by atomic mass is 9.70. The summed E-state index contributed by atoms with van der Waals surface area (Å²) in [4.78, 5) is 48.0. The van der Waals surface area contributed by atoms with Gasteiger partial charge in [0.1, 0.15) is 6.04 Å². The quantitative estimate of drug-likeness (QED) is 0.365. The molecule has 3 fully saturated rings. The highest BCUT2D eigenvalue weighted by Gasteiger charge is 2.74. The van der Waals surface area contributed by atoms with Crippen molar-refractivity contribution in [1.29, 1.82) is 0 Å². The second kappa shape index (κ2) is 12.4. The number of fused-ring (bicyclic) bond motifs is 1. The van der Waals surface area contributed by atoms with E-state index in [1.54, 1.807) is 62.9 Å². The van der Waals surface area contributed by atoms with Crippen LogP contribution in [0.25, 0.3) is 0 Å². The number of thioether (sulfide) groups is 1. The predicted octanol–water partition coefficient (Wildman–Crippen LogP) is 4.55. The molecule has 0 radical (unpaired) electrons. The molecule has 3 aliphatic rings. The van der Waals surface area contributed by atoms with E-state index in [-0.39, 0.29) is 42.7 Å². The first-order valence-corrected chi connectivity index (χ1v) is 15.3. The molecule has 0 saturated carbocycles. The highest BCUT2D eigenvalue weighted by molar-refractivity contribution is 8.02. The molecule has 3 saturated heterocycles. The van der Waals surface area contributed by atoms with E-state index < -0.39 is 22.6 Å². The van der Waals surface area contributed by atoms with E-state index in [2.05, 4.69) is 13.2 Å². The topological polar surface area (TPSA) is 81.2 Å². The molecule has 0 aliphatic carbocycles. The molecule has 9 heteroatoms. The zero-order valence-electron chi connectivity index (χ0n) is 23.0. The number of aliphatic hydroxyl groups excluding tert-OH is 1. The van der Waals surface area contributed by atoms with Gasteiger partial charge in [-0.05, 0) is 49.1 Å². The fraction of sp³-hybridized carbons (Fsp3) is 0.406. The fourth-order valence-corrected chi connectivity index (χ4v) is 9.15. The van der Waals surface area contributed by atoms with Crippen molar-refractivity contribution in [2.24, 2.45) is 11.8 Å². The van der Waals surface area contributed by atoms with Crippen molar-refractivity contribution < 1.29 is 19.5 Å². The highest BCUT2D eigenvalue weighted by Crippen LogP contribution is 2.66. The van der Waals surface area contributed by atoms with Crippen LogP contribution in [0, 0.1) is 11.8 Å². The van der Waals surface area contributed by atoms with Gasteiger partial charge in [-0.15, -0.1) is 24.9 Å². The second-order valence-electron chi connectivity index (χ2n) is 10.9. The van der Waals surface area contributed by atoms with Crippen molar-refractivity contribution >= 4 is 46.8 Å². The Labute approximate surface area is 250 Å². The predicted molar refractivity (Wildman–Crippen MR) is 164 cm³/mol. The van der Waals surface area contributed by atoms with Gasteiger partial charge in [0.2, 0.25) is 11.8 Å². The number of anilines is 1. The average Bonchev–Trinajstić information content (AvgIpc) is 3.62. The Hall–Kier alpha value is -3.07. The van der Waals surface area contributed by atoms with Crippen LogP contribution in [0.15, 0.2) is 79.9 Å². The standard InChI is InChI=1S/C32H36ClN3O4S/c1-3-17-34(21-22-9-6-5-7-10-22)29(38)26-25-15-16-32(41-25)27(26)30(39)36(19-8-20-37)28(32)31(40)35(18-4-2)24-13-11-23(33)12-14-24/h3-7,9-14,25-28,37H,1-2,8,15-21H2/t25-,26+,27-,28?,32?/m0/s1. The van der Waals surface area contributed by atoms with E-state index in [1.165, 1.54) is 0 Å². The molecule has 7 nitrogen and oxygen atoms in total. The third-order valence-electron chi connectivity index (χ3n) is 8.47. The smallest absolute Gasteiger partial charge is 0.251 e. The zero-order chi connectivity index (χ0) is 29.1. The third-order valence-corrected chi connectivity index (χ3v) is 10.7. The molecule has 0 aromatic heterocycles. The van der Waals surface area contributed by atoms with E-state index in [0.29, 0.717) is 36.6 Å². The van der Waals surface area contributed by atoms with Crippen molar-refractivity contribution in [3.8, 4) is 0 Å². The number of hydrogen-bond acceptors (Lipinski definition) is 5. The lowest BCUT2D eigenvalue weighted by Crippen LogP contribution is -2.55. The monoisotopic (exact) mass is 593 g/mol. The number of nitrogens with zero attached hydrogens (tertiary/aromatic N) is 3. The summed E-state index contributed by atoms with van der Waals surface area (Å²) in [7, 11) is 0. The molecule has 2 bridgehead atoms. The molecular formula is C32H36ClN3O4S. The molecular weight excluding hydrogens is 558 g/mol. The molecule has 2 unspecified atom stereocenters. The number of rotatable bonds is 12. The Morgan fingerprint density at radius 3 is 2.44 bits per heavy atom. The normalized spacial score (nSPS) is 26.1. The van der Waals surface area contributed by atoms with Gasteiger partial charge < -0.3 is 19.8 Å². The van der Waals surface area contributed by atoms with Gasteiger partial charge in [-0.3, -0.25) is 14.4 Å². The van der Waals surface area contributed by atoms with Gasteiger partial charge in [-0.25, -0.2) is 0 Å². The molecule has 3 heterocycles. The van der Waals surface area contributed by atoms with Crippen LogP contribution < -0.4 is 4.90 Å². The summed E-state index contributed by atoms with van der Waals surface area (Å²) < 4.78 is -0.715. The average molecular weight is 594 g/mol. The van der Waals surface area contributed by atoms with Gasteiger partial charge in [-0.2, -0.15) is 0 Å². The second-order valence-corrected chi connectivity index (χ2v) is 12.9. The molecule has 5 rings (SSSR count). The Bertz CT molecular complexity index is 1310. The minimum absolute atomic E-state index is 0.0433. The largest absolute Gasteiger partial charge is 0.396 e. The van der Waals surface area contributed by atoms with E-state index >= 15 is 0 Å². The maximum atomic E-state index is 14.5. The third kappa shape index (κ3) is 5.33. The molecule has 1 N–H and O–H groups in total. The van der Waals surface area contributed by atoms with E-state index in [0.717, 1.165) is 12.0 Å². The Morgan fingerprint density at radius 1 is 1.07 bits per heavy atom. The van der Waals surface area contributed by atoms with Crippen LogP contribution in [-0.4, -0.2) is 74.9 Å². The molecule has 1 spiro atoms. The van der Waals surface area contributed by atoms with Crippen LogP contribution in [0.3, 0.4) is 0 Å². The molecule has 3 aliphatic heterocycles. The van der Waals surface area contributed by atoms with Gasteiger partial charge in [0.15, 0.2) is 0 Å². The summed E-state index contributed by atoms with van der Waals surface area (Å²) in [5.74, 6) is -1.57. The van der Waals surface area contributed by atoms with Crippen LogP contribution in [0.1, 0.15) is 24.8 Å². The summed E-state index contributed by atoms with van der Waals surface area (Å²) in [5.41, 5.74) is 1.67. The highest BCUT2D eigenvalue weighted by atomic mass is 35.5. The zero-order valence-corrected chi connectivity index (χ0v) is 24.6. The Balaban J connectivity index is 1.51. The molecule has 2 aromatic rings. The number of aliphatic hydroxyl groups is 1. The van der Waals surface area contributed by atoms with Gasteiger partial charge in [-0.1, -0.05) is 54.1 Å². The lowest BCUT2D eigenvalue weighted by molar-refractivity contribution is -0.144. The SMILES string of the molecule is C=CCN(Cc1ccccc1)C(=O)[C@@H]1[C@@H]2CCC3(S2)C(C(=O)N(CC=C)c2ccc(Cl)cc2)N(CCCO)C(=O)[C@H]13. The van der Waals surface area contributed by atoms with Gasteiger partial charge in [0.05, 0.1) is 16.6 Å². The summed E-state index contributed by atoms with van der Waals surface area (Å²) in [6, 6.07) is 16.1. The fourth-order valence-electron chi connectivity index (χ4n) is 6.82.